The third-order valence-electron chi connectivity index (χ3n) is 5.29. The molecule has 0 spiro atoms. The van der Waals surface area contributed by atoms with E-state index in [-0.39, 0.29) is 17.4 Å². The first-order chi connectivity index (χ1) is 14.8. The van der Waals surface area contributed by atoms with Crippen molar-refractivity contribution in [3.63, 3.8) is 0 Å². The van der Waals surface area contributed by atoms with Crippen molar-refractivity contribution in [1.29, 1.82) is 0 Å². The molecule has 0 saturated heterocycles. The molecule has 0 bridgehead atoms. The molecule has 0 atom stereocenters. The summed E-state index contributed by atoms with van der Waals surface area (Å²) in [5.41, 5.74) is 3.79. The molecule has 0 radical (unpaired) electrons. The Morgan fingerprint density at radius 3 is 2.55 bits per heavy atom. The monoisotopic (exact) mass is 442 g/mol. The molecular formula is C24H30N2O4S. The molecule has 0 saturated carbocycles. The average Bonchev–Trinajstić information content (AvgIpc) is 2.76. The molecule has 0 aromatic heterocycles. The summed E-state index contributed by atoms with van der Waals surface area (Å²) in [5, 5.41) is 2.86. The van der Waals surface area contributed by atoms with Crippen LogP contribution >= 0.6 is 0 Å². The Morgan fingerprint density at radius 1 is 1.06 bits per heavy atom. The summed E-state index contributed by atoms with van der Waals surface area (Å²) in [6, 6.07) is 11.7. The molecule has 2 aromatic carbocycles. The lowest BCUT2D eigenvalue weighted by atomic mass is 9.97. The van der Waals surface area contributed by atoms with Gasteiger partial charge in [0.25, 0.3) is 15.9 Å². The van der Waals surface area contributed by atoms with Gasteiger partial charge >= 0.3 is 0 Å². The maximum Gasteiger partial charge on any atom is 0.261 e. The lowest BCUT2D eigenvalue weighted by molar-refractivity contribution is -0.123. The van der Waals surface area contributed by atoms with E-state index in [9.17, 15) is 13.2 Å². The predicted molar refractivity (Wildman–Crippen MR) is 123 cm³/mol. The number of carbonyl (C=O) groups excluding carboxylic acids is 1. The standard InChI is InChI=1S/C24H30N2O4S/c1-18-8-9-19(2)23(16-18)26-31(28,29)22-12-10-21(11-13-22)30-17-24(27)25-15-14-20-6-4-3-5-7-20/h6,8-13,16,26H,3-5,7,14-15,17H2,1-2H3,(H,25,27). The molecule has 166 valence electrons. The van der Waals surface area contributed by atoms with Crippen LogP contribution in [0.2, 0.25) is 0 Å². The first kappa shape index (κ1) is 22.9. The van der Waals surface area contributed by atoms with Gasteiger partial charge in [0.2, 0.25) is 0 Å². The number of allylic oxidation sites excluding steroid dienone is 1. The highest BCUT2D eigenvalue weighted by atomic mass is 32.2. The van der Waals surface area contributed by atoms with Crippen molar-refractivity contribution >= 4 is 21.6 Å². The summed E-state index contributed by atoms with van der Waals surface area (Å²) in [4.78, 5) is 12.1. The van der Waals surface area contributed by atoms with Crippen LogP contribution in [-0.2, 0) is 14.8 Å². The Labute approximate surface area is 184 Å². The van der Waals surface area contributed by atoms with Crippen LogP contribution in [0.3, 0.4) is 0 Å². The highest BCUT2D eigenvalue weighted by Gasteiger charge is 2.16. The maximum absolute atomic E-state index is 12.7. The number of rotatable bonds is 9. The molecule has 3 rings (SSSR count). The maximum atomic E-state index is 12.7. The van der Waals surface area contributed by atoms with Gasteiger partial charge in [0.15, 0.2) is 6.61 Å². The lowest BCUT2D eigenvalue weighted by Crippen LogP contribution is -2.30. The Hall–Kier alpha value is -2.80. The smallest absolute Gasteiger partial charge is 0.261 e. The van der Waals surface area contributed by atoms with Crippen LogP contribution in [0.5, 0.6) is 5.75 Å². The number of sulfonamides is 1. The number of hydrogen-bond acceptors (Lipinski definition) is 4. The van der Waals surface area contributed by atoms with Gasteiger partial charge in [-0.25, -0.2) is 8.42 Å². The number of nitrogens with one attached hydrogen (secondary N) is 2. The molecule has 0 heterocycles. The summed E-state index contributed by atoms with van der Waals surface area (Å²) in [6.45, 7) is 4.26. The van der Waals surface area contributed by atoms with Crippen LogP contribution in [0.1, 0.15) is 43.2 Å². The third-order valence-corrected chi connectivity index (χ3v) is 6.68. The summed E-state index contributed by atoms with van der Waals surface area (Å²) in [6.07, 6.45) is 7.90. The van der Waals surface area contributed by atoms with Crippen LogP contribution in [0.4, 0.5) is 5.69 Å². The fourth-order valence-corrected chi connectivity index (χ4v) is 4.58. The molecule has 1 aliphatic rings. The van der Waals surface area contributed by atoms with Gasteiger partial charge < -0.3 is 10.1 Å². The summed E-state index contributed by atoms with van der Waals surface area (Å²) >= 11 is 0. The Balaban J connectivity index is 1.49. The molecule has 2 aromatic rings. The fourth-order valence-electron chi connectivity index (χ4n) is 3.46. The topological polar surface area (TPSA) is 84.5 Å². The molecule has 0 unspecified atom stereocenters. The van der Waals surface area contributed by atoms with Gasteiger partial charge in [-0.3, -0.25) is 9.52 Å². The zero-order chi connectivity index (χ0) is 22.3. The molecule has 6 nitrogen and oxygen atoms in total. The molecule has 2 N–H and O–H groups in total. The van der Waals surface area contributed by atoms with Crippen LogP contribution < -0.4 is 14.8 Å². The van der Waals surface area contributed by atoms with Gasteiger partial charge in [0.1, 0.15) is 5.75 Å². The van der Waals surface area contributed by atoms with Crippen molar-refractivity contribution in [3.8, 4) is 5.75 Å². The van der Waals surface area contributed by atoms with E-state index < -0.39 is 10.0 Å². The Kier molecular flexibility index (Phi) is 7.74. The van der Waals surface area contributed by atoms with Gasteiger partial charge in [-0.05, 0) is 87.4 Å². The summed E-state index contributed by atoms with van der Waals surface area (Å²) in [5.74, 6) is 0.250. The van der Waals surface area contributed by atoms with Crippen LogP contribution in [0.15, 0.2) is 59.0 Å². The minimum atomic E-state index is -3.71. The second-order valence-corrected chi connectivity index (χ2v) is 9.57. The quantitative estimate of drug-likeness (QED) is 0.561. The van der Waals surface area contributed by atoms with Crippen molar-refractivity contribution in [2.45, 2.75) is 50.8 Å². The average molecular weight is 443 g/mol. The van der Waals surface area contributed by atoms with E-state index in [0.717, 1.165) is 30.4 Å². The second kappa shape index (κ2) is 10.5. The molecule has 1 aliphatic carbocycles. The Morgan fingerprint density at radius 2 is 1.84 bits per heavy atom. The number of hydrogen-bond donors (Lipinski definition) is 2. The summed E-state index contributed by atoms with van der Waals surface area (Å²) < 4.78 is 33.5. The minimum Gasteiger partial charge on any atom is -0.484 e. The number of carbonyl (C=O) groups is 1. The first-order valence-electron chi connectivity index (χ1n) is 10.6. The zero-order valence-electron chi connectivity index (χ0n) is 18.1. The first-order valence-corrected chi connectivity index (χ1v) is 12.1. The molecule has 0 fully saturated rings. The lowest BCUT2D eigenvalue weighted by Gasteiger charge is -2.13. The van der Waals surface area contributed by atoms with Gasteiger partial charge in [-0.1, -0.05) is 23.8 Å². The number of benzene rings is 2. The minimum absolute atomic E-state index is 0.105. The van der Waals surface area contributed by atoms with E-state index in [4.69, 9.17) is 4.74 Å². The SMILES string of the molecule is Cc1ccc(C)c(NS(=O)(=O)c2ccc(OCC(=O)NCCC3=CCCCC3)cc2)c1. The van der Waals surface area contributed by atoms with E-state index in [1.165, 1.54) is 30.5 Å². The summed E-state index contributed by atoms with van der Waals surface area (Å²) in [7, 11) is -3.71. The van der Waals surface area contributed by atoms with Crippen molar-refractivity contribution in [1.82, 2.24) is 5.32 Å². The third kappa shape index (κ3) is 6.85. The van der Waals surface area contributed by atoms with Crippen molar-refractivity contribution < 1.29 is 17.9 Å². The van der Waals surface area contributed by atoms with E-state index in [1.54, 1.807) is 18.2 Å². The normalized spacial score (nSPS) is 13.9. The van der Waals surface area contributed by atoms with Crippen molar-refractivity contribution in [2.24, 2.45) is 0 Å². The van der Waals surface area contributed by atoms with E-state index >= 15 is 0 Å². The predicted octanol–water partition coefficient (Wildman–Crippen LogP) is 4.49. The molecular weight excluding hydrogens is 412 g/mol. The highest BCUT2D eigenvalue weighted by Crippen LogP contribution is 2.23. The second-order valence-electron chi connectivity index (χ2n) is 7.89. The number of aryl methyl sites for hydroxylation is 2. The van der Waals surface area contributed by atoms with E-state index in [0.29, 0.717) is 18.0 Å². The van der Waals surface area contributed by atoms with Crippen LogP contribution in [0, 0.1) is 13.8 Å². The zero-order valence-corrected chi connectivity index (χ0v) is 18.9. The van der Waals surface area contributed by atoms with Gasteiger partial charge in [-0.2, -0.15) is 0 Å². The largest absolute Gasteiger partial charge is 0.484 e. The van der Waals surface area contributed by atoms with Gasteiger partial charge in [0, 0.05) is 6.54 Å². The number of ether oxygens (including phenoxy) is 1. The van der Waals surface area contributed by atoms with Crippen LogP contribution in [0.25, 0.3) is 0 Å². The van der Waals surface area contributed by atoms with Crippen molar-refractivity contribution in [3.05, 3.63) is 65.2 Å². The molecule has 1 amide bonds. The van der Waals surface area contributed by atoms with Crippen LogP contribution in [-0.4, -0.2) is 27.5 Å². The number of amides is 1. The van der Waals surface area contributed by atoms with Gasteiger partial charge in [-0.15, -0.1) is 0 Å². The Bertz CT molecular complexity index is 1040. The van der Waals surface area contributed by atoms with E-state index in [1.807, 2.05) is 26.0 Å². The molecule has 31 heavy (non-hydrogen) atoms. The van der Waals surface area contributed by atoms with Gasteiger partial charge in [0.05, 0.1) is 10.6 Å². The number of anilines is 1. The molecule has 7 heteroatoms. The van der Waals surface area contributed by atoms with Crippen molar-refractivity contribution in [2.75, 3.05) is 17.9 Å². The highest BCUT2D eigenvalue weighted by molar-refractivity contribution is 7.92. The van der Waals surface area contributed by atoms with E-state index in [2.05, 4.69) is 16.1 Å². The molecule has 0 aliphatic heterocycles. The fraction of sp³-hybridized carbons (Fsp3) is 0.375.